The van der Waals surface area contributed by atoms with Crippen LogP contribution in [0, 0.1) is 0 Å². The van der Waals surface area contributed by atoms with Gasteiger partial charge in [0.1, 0.15) is 17.3 Å². The maximum atomic E-state index is 12.2. The highest BCUT2D eigenvalue weighted by Crippen LogP contribution is 2.33. The minimum Gasteiger partial charge on any atom is -0.457 e. The Morgan fingerprint density at radius 2 is 1.59 bits per heavy atom. The third-order valence-electron chi connectivity index (χ3n) is 3.97. The summed E-state index contributed by atoms with van der Waals surface area (Å²) < 4.78 is 11.1. The molecule has 0 radical (unpaired) electrons. The normalized spacial score (nSPS) is 15.1. The summed E-state index contributed by atoms with van der Waals surface area (Å²) in [5.41, 5.74) is 1.83. The summed E-state index contributed by atoms with van der Waals surface area (Å²) in [5.74, 6) is 1.08. The second-order valence-electron chi connectivity index (χ2n) is 5.83. The Balaban J connectivity index is 1.64. The largest absolute Gasteiger partial charge is 0.457 e. The molecule has 1 aliphatic rings. The van der Waals surface area contributed by atoms with Gasteiger partial charge in [-0.2, -0.15) is 0 Å². The van der Waals surface area contributed by atoms with E-state index in [1.165, 1.54) is 0 Å². The molecule has 0 atom stereocenters. The van der Waals surface area contributed by atoms with E-state index < -0.39 is 5.97 Å². The summed E-state index contributed by atoms with van der Waals surface area (Å²) in [7, 11) is 0. The average Bonchev–Trinajstić information content (AvgIpc) is 3.25. The van der Waals surface area contributed by atoms with Gasteiger partial charge in [-0.25, -0.2) is 4.79 Å². The molecular weight excluding hydrogens is 407 g/mol. The molecule has 27 heavy (non-hydrogen) atoms. The van der Waals surface area contributed by atoms with Crippen LogP contribution < -0.4 is 0 Å². The molecule has 3 nitrogen and oxygen atoms in total. The second kappa shape index (κ2) is 7.28. The molecule has 1 aliphatic heterocycles. The first kappa shape index (κ1) is 17.9. The van der Waals surface area contributed by atoms with Gasteiger partial charge in [0.2, 0.25) is 0 Å². The van der Waals surface area contributed by atoms with Gasteiger partial charge in [0.25, 0.3) is 0 Å². The van der Waals surface area contributed by atoms with Crippen LogP contribution in [-0.2, 0) is 9.53 Å². The van der Waals surface area contributed by atoms with Crippen molar-refractivity contribution in [3.8, 4) is 11.3 Å². The fraction of sp³-hybridized carbons (Fsp3) is 0. The maximum Gasteiger partial charge on any atom is 0.343 e. The smallest absolute Gasteiger partial charge is 0.343 e. The number of benzene rings is 2. The van der Waals surface area contributed by atoms with E-state index >= 15 is 0 Å². The average molecular weight is 418 g/mol. The van der Waals surface area contributed by atoms with Gasteiger partial charge in [0, 0.05) is 21.2 Å². The van der Waals surface area contributed by atoms with Crippen molar-refractivity contribution in [3.05, 3.63) is 92.6 Å². The molecular formula is C21H11Cl3O3. The summed E-state index contributed by atoms with van der Waals surface area (Å²) in [4.78, 5) is 12.2. The van der Waals surface area contributed by atoms with Crippen LogP contribution in [0.3, 0.4) is 0 Å². The molecule has 0 saturated heterocycles. The zero-order chi connectivity index (χ0) is 19.0. The number of carbonyl (C=O) groups excluding carboxylic acids is 1. The number of ether oxygens (including phenoxy) is 1. The lowest BCUT2D eigenvalue weighted by Crippen LogP contribution is -1.96. The highest BCUT2D eigenvalue weighted by molar-refractivity contribution is 6.35. The van der Waals surface area contributed by atoms with Crippen molar-refractivity contribution in [2.24, 2.45) is 0 Å². The van der Waals surface area contributed by atoms with Crippen LogP contribution in [0.4, 0.5) is 0 Å². The first-order chi connectivity index (χ1) is 13.0. The van der Waals surface area contributed by atoms with E-state index in [1.54, 1.807) is 66.7 Å². The molecule has 3 aromatic rings. The molecule has 2 heterocycles. The van der Waals surface area contributed by atoms with Gasteiger partial charge in [0.05, 0.1) is 10.6 Å². The van der Waals surface area contributed by atoms with Gasteiger partial charge < -0.3 is 9.15 Å². The van der Waals surface area contributed by atoms with Crippen LogP contribution in [0.15, 0.2) is 70.7 Å². The van der Waals surface area contributed by atoms with E-state index in [4.69, 9.17) is 44.0 Å². The van der Waals surface area contributed by atoms with Crippen molar-refractivity contribution < 1.29 is 13.9 Å². The molecule has 0 unspecified atom stereocenters. The van der Waals surface area contributed by atoms with Crippen molar-refractivity contribution >= 4 is 52.6 Å². The molecule has 6 heteroatoms. The molecule has 0 bridgehead atoms. The molecule has 0 fully saturated rings. The van der Waals surface area contributed by atoms with Crippen LogP contribution in [0.5, 0.6) is 0 Å². The molecule has 0 spiro atoms. The topological polar surface area (TPSA) is 39.4 Å². The van der Waals surface area contributed by atoms with Gasteiger partial charge in [-0.1, -0.05) is 34.8 Å². The van der Waals surface area contributed by atoms with Crippen LogP contribution in [0.25, 0.3) is 23.2 Å². The molecule has 0 amide bonds. The molecule has 4 rings (SSSR count). The number of furan rings is 1. The maximum absolute atomic E-state index is 12.2. The third-order valence-corrected chi connectivity index (χ3v) is 4.79. The van der Waals surface area contributed by atoms with E-state index in [-0.39, 0.29) is 0 Å². The van der Waals surface area contributed by atoms with Gasteiger partial charge in [-0.05, 0) is 66.7 Å². The van der Waals surface area contributed by atoms with E-state index in [1.807, 2.05) is 0 Å². The van der Waals surface area contributed by atoms with Gasteiger partial charge in [0.15, 0.2) is 0 Å². The molecule has 0 saturated carbocycles. The van der Waals surface area contributed by atoms with E-state index in [9.17, 15) is 4.79 Å². The van der Waals surface area contributed by atoms with E-state index in [0.29, 0.717) is 43.5 Å². The Morgan fingerprint density at radius 3 is 2.37 bits per heavy atom. The predicted molar refractivity (Wildman–Crippen MR) is 108 cm³/mol. The van der Waals surface area contributed by atoms with Gasteiger partial charge in [-0.15, -0.1) is 0 Å². The Morgan fingerprint density at radius 1 is 0.852 bits per heavy atom. The molecule has 0 N–H and O–H groups in total. The van der Waals surface area contributed by atoms with Crippen LogP contribution in [0.1, 0.15) is 11.3 Å². The summed E-state index contributed by atoms with van der Waals surface area (Å²) in [6.07, 6.45) is 3.29. The lowest BCUT2D eigenvalue weighted by Gasteiger charge is -2.01. The second-order valence-corrected chi connectivity index (χ2v) is 7.11. The zero-order valence-corrected chi connectivity index (χ0v) is 16.0. The molecule has 134 valence electrons. The van der Waals surface area contributed by atoms with Crippen LogP contribution in [0.2, 0.25) is 15.1 Å². The number of esters is 1. The number of hydrogen-bond donors (Lipinski definition) is 0. The Bertz CT molecular complexity index is 1090. The predicted octanol–water partition coefficient (Wildman–Crippen LogP) is 6.89. The van der Waals surface area contributed by atoms with Crippen molar-refractivity contribution in [3.63, 3.8) is 0 Å². The Labute approximate surface area is 170 Å². The van der Waals surface area contributed by atoms with Gasteiger partial charge in [-0.3, -0.25) is 0 Å². The molecule has 2 aromatic carbocycles. The lowest BCUT2D eigenvalue weighted by atomic mass is 10.1. The quantitative estimate of drug-likeness (QED) is 0.344. The fourth-order valence-electron chi connectivity index (χ4n) is 2.66. The highest BCUT2D eigenvalue weighted by atomic mass is 35.5. The van der Waals surface area contributed by atoms with Crippen LogP contribution in [-0.4, -0.2) is 5.97 Å². The number of rotatable bonds is 3. The first-order valence-electron chi connectivity index (χ1n) is 7.96. The SMILES string of the molecule is O=C1OC(c2ccc(Cl)cc2)=C/C1=C\c1ccc(-c2cc(Cl)ccc2Cl)o1. The Kier molecular flexibility index (Phi) is 4.83. The van der Waals surface area contributed by atoms with Crippen molar-refractivity contribution in [2.75, 3.05) is 0 Å². The van der Waals surface area contributed by atoms with Gasteiger partial charge >= 0.3 is 5.97 Å². The summed E-state index contributed by atoms with van der Waals surface area (Å²) in [6.45, 7) is 0. The summed E-state index contributed by atoms with van der Waals surface area (Å²) in [6, 6.07) is 15.7. The summed E-state index contributed by atoms with van der Waals surface area (Å²) >= 11 is 18.1. The summed E-state index contributed by atoms with van der Waals surface area (Å²) in [5, 5.41) is 1.70. The molecule has 1 aromatic heterocycles. The minimum atomic E-state index is -0.446. The first-order valence-corrected chi connectivity index (χ1v) is 9.10. The van der Waals surface area contributed by atoms with Crippen molar-refractivity contribution in [1.29, 1.82) is 0 Å². The highest BCUT2D eigenvalue weighted by Gasteiger charge is 2.22. The number of halogens is 3. The Hall–Kier alpha value is -2.46. The number of hydrogen-bond acceptors (Lipinski definition) is 3. The minimum absolute atomic E-state index is 0.387. The number of carbonyl (C=O) groups is 1. The van der Waals surface area contributed by atoms with Crippen molar-refractivity contribution in [2.45, 2.75) is 0 Å². The van der Waals surface area contributed by atoms with Crippen molar-refractivity contribution in [1.82, 2.24) is 0 Å². The van der Waals surface area contributed by atoms with Crippen LogP contribution >= 0.6 is 34.8 Å². The monoisotopic (exact) mass is 416 g/mol. The lowest BCUT2D eigenvalue weighted by molar-refractivity contribution is -0.130. The standard InChI is InChI=1S/C21H11Cl3O3/c22-14-3-1-12(2-4-14)20-10-13(21(25)27-20)9-16-6-8-19(26-16)17-11-15(23)5-7-18(17)24/h1-11H/b13-9+. The van der Waals surface area contributed by atoms with E-state index in [0.717, 1.165) is 5.56 Å². The third kappa shape index (κ3) is 3.81. The van der Waals surface area contributed by atoms with E-state index in [2.05, 4.69) is 0 Å². The fourth-order valence-corrected chi connectivity index (χ4v) is 3.17. The molecule has 0 aliphatic carbocycles. The zero-order valence-electron chi connectivity index (χ0n) is 13.7. The number of cyclic esters (lactones) is 1.